The first-order valence-corrected chi connectivity index (χ1v) is 9.97. The van der Waals surface area contributed by atoms with Gasteiger partial charge in [-0.15, -0.1) is 0 Å². The summed E-state index contributed by atoms with van der Waals surface area (Å²) in [7, 11) is 1.90. The lowest BCUT2D eigenvalue weighted by atomic mass is 10.2. The van der Waals surface area contributed by atoms with Gasteiger partial charge in [-0.3, -0.25) is 14.6 Å². The smallest absolute Gasteiger partial charge is 0.276 e. The summed E-state index contributed by atoms with van der Waals surface area (Å²) < 4.78 is 7.27. The van der Waals surface area contributed by atoms with Crippen molar-refractivity contribution in [3.05, 3.63) is 60.2 Å². The second-order valence-corrected chi connectivity index (χ2v) is 7.61. The Labute approximate surface area is 175 Å². The summed E-state index contributed by atoms with van der Waals surface area (Å²) in [5.41, 5.74) is 2.06. The van der Waals surface area contributed by atoms with Gasteiger partial charge in [0.25, 0.3) is 5.91 Å². The number of carbonyl (C=O) groups is 2. The predicted molar refractivity (Wildman–Crippen MR) is 112 cm³/mol. The minimum absolute atomic E-state index is 0.113. The maximum absolute atomic E-state index is 13.0. The van der Waals surface area contributed by atoms with Crippen molar-refractivity contribution >= 4 is 11.8 Å². The summed E-state index contributed by atoms with van der Waals surface area (Å²) in [6.45, 7) is 5.33. The zero-order chi connectivity index (χ0) is 21.5. The zero-order valence-corrected chi connectivity index (χ0v) is 17.5. The molecule has 0 aromatic carbocycles. The first-order chi connectivity index (χ1) is 14.4. The molecular weight excluding hydrogens is 382 g/mol. The number of aryl methyl sites for hydroxylation is 1. The molecular formula is C22H27N5O3. The number of rotatable bonds is 9. The Morgan fingerprint density at radius 2 is 2.00 bits per heavy atom. The Morgan fingerprint density at radius 1 is 1.23 bits per heavy atom. The van der Waals surface area contributed by atoms with Crippen molar-refractivity contribution in [2.24, 2.45) is 13.0 Å². The molecule has 0 fully saturated rings. The van der Waals surface area contributed by atoms with Crippen molar-refractivity contribution in [2.75, 3.05) is 13.1 Å². The number of amides is 2. The Hall–Kier alpha value is -3.42. The highest BCUT2D eigenvalue weighted by molar-refractivity contribution is 5.93. The number of nitrogens with zero attached hydrogens (tertiary/aromatic N) is 4. The number of nitrogens with one attached hydrogen (secondary N) is 1. The van der Waals surface area contributed by atoms with E-state index < -0.39 is 0 Å². The summed E-state index contributed by atoms with van der Waals surface area (Å²) in [5.74, 6) is 0.436. The van der Waals surface area contributed by atoms with Crippen LogP contribution < -0.4 is 5.32 Å². The third-order valence-electron chi connectivity index (χ3n) is 4.65. The third-order valence-corrected chi connectivity index (χ3v) is 4.65. The van der Waals surface area contributed by atoms with Crippen molar-refractivity contribution in [3.8, 4) is 11.5 Å². The fourth-order valence-electron chi connectivity index (χ4n) is 3.12. The van der Waals surface area contributed by atoms with E-state index in [1.807, 2.05) is 55.9 Å². The van der Waals surface area contributed by atoms with Crippen LogP contribution in [0.5, 0.6) is 0 Å². The van der Waals surface area contributed by atoms with Gasteiger partial charge in [0, 0.05) is 57.8 Å². The molecule has 158 valence electrons. The first kappa shape index (κ1) is 21.3. The fraction of sp³-hybridized carbons (Fsp3) is 0.364. The van der Waals surface area contributed by atoms with E-state index in [2.05, 4.69) is 15.5 Å². The van der Waals surface area contributed by atoms with Crippen molar-refractivity contribution in [2.45, 2.75) is 26.8 Å². The van der Waals surface area contributed by atoms with Crippen LogP contribution in [-0.4, -0.2) is 44.5 Å². The molecule has 0 radical (unpaired) electrons. The Bertz CT molecular complexity index is 978. The first-order valence-electron chi connectivity index (χ1n) is 9.97. The molecule has 0 aliphatic carbocycles. The molecule has 3 aromatic heterocycles. The van der Waals surface area contributed by atoms with E-state index in [0.29, 0.717) is 25.4 Å². The SMILES string of the molecule is CC(C)CN(CCC(=O)NCc1ccncc1)C(=O)c1cc(-c2cccn2C)on1. The summed E-state index contributed by atoms with van der Waals surface area (Å²) in [6.07, 6.45) is 5.49. The zero-order valence-electron chi connectivity index (χ0n) is 17.5. The van der Waals surface area contributed by atoms with Gasteiger partial charge in [0.2, 0.25) is 5.91 Å². The molecule has 3 heterocycles. The van der Waals surface area contributed by atoms with E-state index in [4.69, 9.17) is 4.52 Å². The average molecular weight is 409 g/mol. The quantitative estimate of drug-likeness (QED) is 0.587. The van der Waals surface area contributed by atoms with Crippen LogP contribution in [0.2, 0.25) is 0 Å². The normalized spacial score (nSPS) is 10.9. The van der Waals surface area contributed by atoms with Crippen LogP contribution in [0.3, 0.4) is 0 Å². The lowest BCUT2D eigenvalue weighted by Gasteiger charge is -2.23. The molecule has 2 amide bonds. The molecule has 0 aliphatic heterocycles. The fourth-order valence-corrected chi connectivity index (χ4v) is 3.12. The highest BCUT2D eigenvalue weighted by Crippen LogP contribution is 2.21. The summed E-state index contributed by atoms with van der Waals surface area (Å²) >= 11 is 0. The Morgan fingerprint density at radius 3 is 2.67 bits per heavy atom. The van der Waals surface area contributed by atoms with Gasteiger partial charge in [-0.1, -0.05) is 19.0 Å². The van der Waals surface area contributed by atoms with Gasteiger partial charge in [0.15, 0.2) is 11.5 Å². The van der Waals surface area contributed by atoms with Gasteiger partial charge >= 0.3 is 0 Å². The molecule has 1 N–H and O–H groups in total. The molecule has 0 saturated heterocycles. The summed E-state index contributed by atoms with van der Waals surface area (Å²) in [5, 5.41) is 6.83. The van der Waals surface area contributed by atoms with E-state index in [-0.39, 0.29) is 29.8 Å². The predicted octanol–water partition coefficient (Wildman–Crippen LogP) is 2.88. The van der Waals surface area contributed by atoms with Gasteiger partial charge in [-0.2, -0.15) is 0 Å². The largest absolute Gasteiger partial charge is 0.354 e. The second kappa shape index (κ2) is 9.87. The van der Waals surface area contributed by atoms with Gasteiger partial charge < -0.3 is 19.3 Å². The topological polar surface area (TPSA) is 93.3 Å². The highest BCUT2D eigenvalue weighted by atomic mass is 16.5. The number of carbonyl (C=O) groups excluding carboxylic acids is 2. The molecule has 3 rings (SSSR count). The van der Waals surface area contributed by atoms with Gasteiger partial charge in [0.05, 0.1) is 5.69 Å². The van der Waals surface area contributed by atoms with Crippen molar-refractivity contribution < 1.29 is 14.1 Å². The number of hydrogen-bond acceptors (Lipinski definition) is 5. The monoisotopic (exact) mass is 409 g/mol. The molecule has 0 aliphatic rings. The molecule has 0 unspecified atom stereocenters. The Balaban J connectivity index is 1.61. The lowest BCUT2D eigenvalue weighted by Crippen LogP contribution is -2.37. The maximum atomic E-state index is 13.0. The van der Waals surface area contributed by atoms with E-state index in [9.17, 15) is 9.59 Å². The standard InChI is InChI=1S/C22H27N5O3/c1-16(2)15-27(12-8-21(28)24-14-17-6-9-23-10-7-17)22(29)18-13-20(30-25-18)19-5-4-11-26(19)3/h4-7,9-11,13,16H,8,12,14-15H2,1-3H3,(H,24,28). The average Bonchev–Trinajstić information content (AvgIpc) is 3.38. The van der Waals surface area contributed by atoms with Crippen LogP contribution >= 0.6 is 0 Å². The van der Waals surface area contributed by atoms with E-state index in [1.54, 1.807) is 23.4 Å². The number of hydrogen-bond donors (Lipinski definition) is 1. The summed E-state index contributed by atoms with van der Waals surface area (Å²) in [4.78, 5) is 30.9. The van der Waals surface area contributed by atoms with Crippen LogP contribution in [-0.2, 0) is 18.4 Å². The third kappa shape index (κ3) is 5.56. The molecule has 3 aromatic rings. The molecule has 30 heavy (non-hydrogen) atoms. The van der Waals surface area contributed by atoms with Crippen LogP contribution in [0, 0.1) is 5.92 Å². The van der Waals surface area contributed by atoms with Crippen molar-refractivity contribution in [3.63, 3.8) is 0 Å². The molecule has 0 atom stereocenters. The van der Waals surface area contributed by atoms with Crippen LogP contribution in [0.25, 0.3) is 11.5 Å². The van der Waals surface area contributed by atoms with Crippen LogP contribution in [0.1, 0.15) is 36.3 Å². The van der Waals surface area contributed by atoms with Crippen molar-refractivity contribution in [1.82, 2.24) is 24.9 Å². The van der Waals surface area contributed by atoms with Gasteiger partial charge in [-0.25, -0.2) is 0 Å². The Kier molecular flexibility index (Phi) is 7.00. The van der Waals surface area contributed by atoms with Crippen molar-refractivity contribution in [1.29, 1.82) is 0 Å². The molecule has 0 bridgehead atoms. The van der Waals surface area contributed by atoms with Gasteiger partial charge in [0.1, 0.15) is 0 Å². The van der Waals surface area contributed by atoms with E-state index >= 15 is 0 Å². The number of aromatic nitrogens is 3. The number of pyridine rings is 1. The van der Waals surface area contributed by atoms with Crippen LogP contribution in [0.4, 0.5) is 0 Å². The van der Waals surface area contributed by atoms with E-state index in [1.165, 1.54) is 0 Å². The molecule has 8 nitrogen and oxygen atoms in total. The second-order valence-electron chi connectivity index (χ2n) is 7.61. The summed E-state index contributed by atoms with van der Waals surface area (Å²) in [6, 6.07) is 9.14. The minimum Gasteiger partial charge on any atom is -0.354 e. The molecule has 8 heteroatoms. The lowest BCUT2D eigenvalue weighted by molar-refractivity contribution is -0.121. The molecule has 0 spiro atoms. The molecule has 0 saturated carbocycles. The van der Waals surface area contributed by atoms with Crippen LogP contribution in [0.15, 0.2) is 53.4 Å². The van der Waals surface area contributed by atoms with Gasteiger partial charge in [-0.05, 0) is 35.7 Å². The van der Waals surface area contributed by atoms with E-state index in [0.717, 1.165) is 11.3 Å². The highest BCUT2D eigenvalue weighted by Gasteiger charge is 2.22. The minimum atomic E-state index is -0.241. The maximum Gasteiger partial charge on any atom is 0.276 e.